The molecule has 0 amide bonds. The van der Waals surface area contributed by atoms with Gasteiger partial charge in [0, 0.05) is 19.6 Å². The van der Waals surface area contributed by atoms with Gasteiger partial charge in [0.1, 0.15) is 11.3 Å². The van der Waals surface area contributed by atoms with E-state index in [9.17, 15) is 5.11 Å². The maximum absolute atomic E-state index is 10.6. The molecule has 3 rings (SSSR count). The first-order valence-electron chi connectivity index (χ1n) is 6.69. The molecule has 2 heterocycles. The van der Waals surface area contributed by atoms with Gasteiger partial charge in [0.15, 0.2) is 0 Å². The fourth-order valence-electron chi connectivity index (χ4n) is 2.65. The minimum absolute atomic E-state index is 0.0654. The molecular weight excluding hydrogens is 256 g/mol. The van der Waals surface area contributed by atoms with Gasteiger partial charge in [-0.3, -0.25) is 4.90 Å². The van der Waals surface area contributed by atoms with Crippen molar-refractivity contribution in [3.63, 3.8) is 0 Å². The van der Waals surface area contributed by atoms with Gasteiger partial charge < -0.3 is 10.2 Å². The predicted octanol–water partition coefficient (Wildman–Crippen LogP) is 0.390. The highest BCUT2D eigenvalue weighted by Gasteiger charge is 2.39. The molecule has 1 saturated heterocycles. The van der Waals surface area contributed by atoms with Crippen LogP contribution in [0.3, 0.4) is 0 Å². The number of aliphatic hydroxyl groups is 2. The number of rotatable bonds is 4. The zero-order chi connectivity index (χ0) is 14.0. The van der Waals surface area contributed by atoms with Crippen LogP contribution in [0.5, 0.6) is 0 Å². The van der Waals surface area contributed by atoms with Crippen LogP contribution in [0, 0.1) is 0 Å². The van der Waals surface area contributed by atoms with Gasteiger partial charge >= 0.3 is 0 Å². The summed E-state index contributed by atoms with van der Waals surface area (Å²) in [6, 6.07) is 7.88. The van der Waals surface area contributed by atoms with Crippen LogP contribution in [0.2, 0.25) is 0 Å². The number of aromatic nitrogens is 3. The van der Waals surface area contributed by atoms with E-state index in [1.165, 1.54) is 5.56 Å². The molecule has 1 aliphatic heterocycles. The summed E-state index contributed by atoms with van der Waals surface area (Å²) in [6.07, 6.45) is 2.24. The molecule has 1 unspecified atom stereocenters. The lowest BCUT2D eigenvalue weighted by molar-refractivity contribution is 0.0409. The lowest BCUT2D eigenvalue weighted by Crippen LogP contribution is -2.31. The van der Waals surface area contributed by atoms with E-state index in [4.69, 9.17) is 5.11 Å². The number of likely N-dealkylation sites (tertiary alicyclic amines) is 1. The molecule has 6 nitrogen and oxygen atoms in total. The number of β-amino-alcohol motifs (C(OH)–C–C–N with tert-alkyl or cyclic N) is 1. The molecule has 1 aromatic carbocycles. The van der Waals surface area contributed by atoms with E-state index in [1.54, 1.807) is 6.20 Å². The number of aliphatic hydroxyl groups excluding tert-OH is 1. The molecule has 106 valence electrons. The average molecular weight is 274 g/mol. The van der Waals surface area contributed by atoms with E-state index < -0.39 is 5.60 Å². The highest BCUT2D eigenvalue weighted by Crippen LogP contribution is 2.30. The fraction of sp³-hybridized carbons (Fsp3) is 0.429. The molecule has 0 radical (unpaired) electrons. The summed E-state index contributed by atoms with van der Waals surface area (Å²) in [5.74, 6) is 0. The third-order valence-electron chi connectivity index (χ3n) is 3.83. The van der Waals surface area contributed by atoms with E-state index in [2.05, 4.69) is 20.3 Å². The Labute approximate surface area is 117 Å². The third-order valence-corrected chi connectivity index (χ3v) is 3.83. The summed E-state index contributed by atoms with van der Waals surface area (Å²) >= 11 is 0. The monoisotopic (exact) mass is 274 g/mol. The summed E-state index contributed by atoms with van der Waals surface area (Å²) in [5, 5.41) is 29.9. The Hall–Kier alpha value is -1.76. The van der Waals surface area contributed by atoms with E-state index in [-0.39, 0.29) is 6.61 Å². The van der Waals surface area contributed by atoms with Crippen LogP contribution in [0.4, 0.5) is 0 Å². The lowest BCUT2D eigenvalue weighted by Gasteiger charge is -2.21. The van der Waals surface area contributed by atoms with Gasteiger partial charge in [0.2, 0.25) is 0 Å². The molecule has 0 saturated carbocycles. The molecule has 3 N–H and O–H groups in total. The van der Waals surface area contributed by atoms with Gasteiger partial charge in [-0.05, 0) is 17.5 Å². The Morgan fingerprint density at radius 3 is 2.65 bits per heavy atom. The number of nitrogens with one attached hydrogen (secondary N) is 1. The molecule has 1 aliphatic rings. The van der Waals surface area contributed by atoms with Crippen molar-refractivity contribution in [2.24, 2.45) is 0 Å². The number of nitrogens with zero attached hydrogens (tertiary/aromatic N) is 3. The van der Waals surface area contributed by atoms with Crippen molar-refractivity contribution in [2.75, 3.05) is 13.1 Å². The van der Waals surface area contributed by atoms with Crippen molar-refractivity contribution in [2.45, 2.75) is 25.2 Å². The smallest absolute Gasteiger partial charge is 0.124 e. The molecule has 2 aromatic rings. The van der Waals surface area contributed by atoms with Crippen molar-refractivity contribution >= 4 is 0 Å². The molecular formula is C14H18N4O2. The number of benzene rings is 1. The maximum atomic E-state index is 10.6. The van der Waals surface area contributed by atoms with E-state index >= 15 is 0 Å². The first kappa shape index (κ1) is 13.2. The molecule has 6 heteroatoms. The fourth-order valence-corrected chi connectivity index (χ4v) is 2.65. The van der Waals surface area contributed by atoms with Crippen molar-refractivity contribution < 1.29 is 10.2 Å². The van der Waals surface area contributed by atoms with Crippen LogP contribution in [-0.2, 0) is 18.8 Å². The zero-order valence-electron chi connectivity index (χ0n) is 11.2. The van der Waals surface area contributed by atoms with Crippen LogP contribution in [0.1, 0.15) is 23.2 Å². The second-order valence-corrected chi connectivity index (χ2v) is 5.32. The van der Waals surface area contributed by atoms with Crippen molar-refractivity contribution in [3.8, 4) is 0 Å². The summed E-state index contributed by atoms with van der Waals surface area (Å²) in [6.45, 7) is 2.23. The zero-order valence-corrected chi connectivity index (χ0v) is 11.2. The first-order valence-corrected chi connectivity index (χ1v) is 6.69. The molecule has 1 atom stereocenters. The summed E-state index contributed by atoms with van der Waals surface area (Å²) in [4.78, 5) is 2.20. The Kier molecular flexibility index (Phi) is 3.52. The summed E-state index contributed by atoms with van der Waals surface area (Å²) < 4.78 is 0. The molecule has 0 aliphatic carbocycles. The number of hydrogen-bond acceptors (Lipinski definition) is 5. The molecule has 20 heavy (non-hydrogen) atoms. The molecule has 1 fully saturated rings. The predicted molar refractivity (Wildman–Crippen MR) is 72.5 cm³/mol. The number of hydrogen-bond donors (Lipinski definition) is 3. The van der Waals surface area contributed by atoms with Crippen molar-refractivity contribution in [1.29, 1.82) is 0 Å². The van der Waals surface area contributed by atoms with Gasteiger partial charge in [-0.15, -0.1) is 0 Å². The molecule has 0 spiro atoms. The number of H-pyrrole nitrogens is 1. The van der Waals surface area contributed by atoms with Crippen molar-refractivity contribution in [3.05, 3.63) is 47.3 Å². The standard InChI is InChI=1S/C14H18N4O2/c19-9-12-3-1-11(2-4-12)8-18-6-5-14(20,10-18)13-7-15-17-16-13/h1-4,7,19-20H,5-6,8-10H2,(H,15,16,17). The average Bonchev–Trinajstić information content (AvgIpc) is 3.11. The van der Waals surface area contributed by atoms with Crippen LogP contribution in [-0.4, -0.2) is 43.6 Å². The van der Waals surface area contributed by atoms with Gasteiger partial charge in [-0.1, -0.05) is 24.3 Å². The third kappa shape index (κ3) is 2.58. The van der Waals surface area contributed by atoms with E-state index in [0.29, 0.717) is 18.7 Å². The van der Waals surface area contributed by atoms with Gasteiger partial charge in [0.05, 0.1) is 12.8 Å². The summed E-state index contributed by atoms with van der Waals surface area (Å²) in [5.41, 5.74) is 1.79. The minimum atomic E-state index is -0.905. The Balaban J connectivity index is 1.65. The highest BCUT2D eigenvalue weighted by molar-refractivity contribution is 5.22. The Morgan fingerprint density at radius 2 is 2.00 bits per heavy atom. The highest BCUT2D eigenvalue weighted by atomic mass is 16.3. The minimum Gasteiger partial charge on any atom is -0.392 e. The quantitative estimate of drug-likeness (QED) is 0.751. The molecule has 1 aromatic heterocycles. The van der Waals surface area contributed by atoms with E-state index in [0.717, 1.165) is 18.7 Å². The lowest BCUT2D eigenvalue weighted by atomic mass is 10.00. The van der Waals surface area contributed by atoms with Crippen LogP contribution in [0.15, 0.2) is 30.5 Å². The number of aromatic amines is 1. The normalized spacial score (nSPS) is 23.3. The maximum Gasteiger partial charge on any atom is 0.124 e. The first-order chi connectivity index (χ1) is 9.69. The van der Waals surface area contributed by atoms with Gasteiger partial charge in [0.25, 0.3) is 0 Å². The second-order valence-electron chi connectivity index (χ2n) is 5.32. The molecule has 0 bridgehead atoms. The Morgan fingerprint density at radius 1 is 1.25 bits per heavy atom. The Bertz CT molecular complexity index is 555. The SMILES string of the molecule is OCc1ccc(CN2CCC(O)(c3cn[nH]n3)C2)cc1. The largest absolute Gasteiger partial charge is 0.392 e. The van der Waals surface area contributed by atoms with Crippen LogP contribution >= 0.6 is 0 Å². The van der Waals surface area contributed by atoms with Crippen LogP contribution in [0.25, 0.3) is 0 Å². The van der Waals surface area contributed by atoms with Gasteiger partial charge in [-0.25, -0.2) is 0 Å². The van der Waals surface area contributed by atoms with E-state index in [1.807, 2.05) is 24.3 Å². The van der Waals surface area contributed by atoms with Crippen LogP contribution < -0.4 is 0 Å². The van der Waals surface area contributed by atoms with Crippen molar-refractivity contribution in [1.82, 2.24) is 20.3 Å². The van der Waals surface area contributed by atoms with Gasteiger partial charge in [-0.2, -0.15) is 15.4 Å². The topological polar surface area (TPSA) is 85.3 Å². The summed E-state index contributed by atoms with van der Waals surface area (Å²) in [7, 11) is 0. The second kappa shape index (κ2) is 5.32.